The molecule has 2 aliphatic carbocycles. The molecular formula is C28H25ClN2O2. The number of rotatable bonds is 5. The molecule has 6 rings (SSSR count). The maximum absolute atomic E-state index is 13.7. The number of hydrogen-bond donors (Lipinski definition) is 1. The highest BCUT2D eigenvalue weighted by Gasteiger charge is 2.72. The molecule has 1 heterocycles. The summed E-state index contributed by atoms with van der Waals surface area (Å²) in [7, 11) is 0. The average Bonchev–Trinajstić information content (AvgIpc) is 3.69. The summed E-state index contributed by atoms with van der Waals surface area (Å²) >= 11 is 6.39. The first kappa shape index (κ1) is 20.5. The second kappa shape index (κ2) is 7.47. The maximum atomic E-state index is 13.7. The van der Waals surface area contributed by atoms with Gasteiger partial charge in [-0.05, 0) is 54.3 Å². The highest BCUT2D eigenvalue weighted by atomic mass is 35.5. The first-order valence-corrected chi connectivity index (χ1v) is 11.7. The van der Waals surface area contributed by atoms with E-state index in [0.29, 0.717) is 11.6 Å². The molecule has 1 fully saturated rings. The summed E-state index contributed by atoms with van der Waals surface area (Å²) in [5.74, 6) is 0.957. The SMILES string of the molecule is C[C@@H](c1cccc(COc2ccccc2)c1)N1C(=O)[C@H](N)C2C3=CC32Cc2ccc(Cl)cc21. The molecule has 33 heavy (non-hydrogen) atoms. The van der Waals surface area contributed by atoms with Gasteiger partial charge in [-0.15, -0.1) is 0 Å². The molecule has 3 aromatic carbocycles. The van der Waals surface area contributed by atoms with E-state index in [2.05, 4.69) is 31.2 Å². The second-order valence-corrected chi connectivity index (χ2v) is 9.76. The van der Waals surface area contributed by atoms with E-state index in [-0.39, 0.29) is 23.3 Å². The van der Waals surface area contributed by atoms with Gasteiger partial charge >= 0.3 is 0 Å². The number of amides is 1. The topological polar surface area (TPSA) is 55.6 Å². The predicted molar refractivity (Wildman–Crippen MR) is 130 cm³/mol. The van der Waals surface area contributed by atoms with E-state index in [4.69, 9.17) is 22.1 Å². The predicted octanol–water partition coefficient (Wildman–Crippen LogP) is 5.45. The van der Waals surface area contributed by atoms with E-state index in [9.17, 15) is 4.79 Å². The van der Waals surface area contributed by atoms with E-state index in [1.165, 1.54) is 5.57 Å². The van der Waals surface area contributed by atoms with Crippen LogP contribution in [0.4, 0.5) is 5.69 Å². The van der Waals surface area contributed by atoms with Crippen LogP contribution in [0.1, 0.15) is 29.7 Å². The van der Waals surface area contributed by atoms with Crippen LogP contribution in [0.25, 0.3) is 0 Å². The van der Waals surface area contributed by atoms with Crippen molar-refractivity contribution in [2.75, 3.05) is 4.90 Å². The number of carbonyl (C=O) groups is 1. The first-order valence-electron chi connectivity index (χ1n) is 11.3. The van der Waals surface area contributed by atoms with Gasteiger partial charge in [-0.3, -0.25) is 4.79 Å². The Labute approximate surface area is 198 Å². The Morgan fingerprint density at radius 1 is 1.12 bits per heavy atom. The van der Waals surface area contributed by atoms with E-state index < -0.39 is 6.04 Å². The number of carbonyl (C=O) groups excluding carboxylic acids is 1. The summed E-state index contributed by atoms with van der Waals surface area (Å²) in [6, 6.07) is 23.1. The number of nitrogens with zero attached hydrogens (tertiary/aromatic N) is 1. The molecule has 2 unspecified atom stereocenters. The van der Waals surface area contributed by atoms with Crippen molar-refractivity contribution < 1.29 is 9.53 Å². The Kier molecular flexibility index (Phi) is 4.65. The number of hydrogen-bond acceptors (Lipinski definition) is 3. The lowest BCUT2D eigenvalue weighted by molar-refractivity contribution is -0.121. The van der Waals surface area contributed by atoms with E-state index in [0.717, 1.165) is 34.5 Å². The van der Waals surface area contributed by atoms with Gasteiger partial charge in [0.2, 0.25) is 5.91 Å². The highest BCUT2D eigenvalue weighted by Crippen LogP contribution is 2.76. The zero-order chi connectivity index (χ0) is 22.7. The van der Waals surface area contributed by atoms with Gasteiger partial charge in [-0.25, -0.2) is 0 Å². The quantitative estimate of drug-likeness (QED) is 0.519. The van der Waals surface area contributed by atoms with Gasteiger partial charge in [-0.2, -0.15) is 0 Å². The van der Waals surface area contributed by atoms with Crippen molar-refractivity contribution in [2.24, 2.45) is 17.1 Å². The van der Waals surface area contributed by atoms with Gasteiger partial charge in [-0.1, -0.05) is 71.8 Å². The molecule has 5 heteroatoms. The monoisotopic (exact) mass is 456 g/mol. The molecule has 3 aliphatic rings. The summed E-state index contributed by atoms with van der Waals surface area (Å²) in [5.41, 5.74) is 12.0. The minimum atomic E-state index is -0.524. The average molecular weight is 457 g/mol. The molecule has 4 nitrogen and oxygen atoms in total. The van der Waals surface area contributed by atoms with Gasteiger partial charge in [0.25, 0.3) is 0 Å². The van der Waals surface area contributed by atoms with Crippen molar-refractivity contribution in [3.8, 4) is 5.75 Å². The van der Waals surface area contributed by atoms with Crippen LogP contribution in [0.3, 0.4) is 0 Å². The van der Waals surface area contributed by atoms with E-state index in [1.54, 1.807) is 0 Å². The standard InChI is InChI=1S/C28H25ClN2O2/c1-17(19-7-5-6-18(12-19)16-33-22-8-3-2-4-9-22)31-24-13-21(29)11-10-20(24)14-28-15-23(28)25(28)26(30)27(31)32/h2-13,15,17,25-26H,14,16,30H2,1H3/t17-,25?,26+,28?/m0/s1. The molecule has 166 valence electrons. The molecule has 0 saturated heterocycles. The fourth-order valence-electron chi connectivity index (χ4n) is 5.37. The van der Waals surface area contributed by atoms with Gasteiger partial charge < -0.3 is 15.4 Å². The van der Waals surface area contributed by atoms with Crippen LogP contribution in [0.2, 0.25) is 5.02 Å². The number of ether oxygens (including phenoxy) is 1. The molecule has 4 atom stereocenters. The maximum Gasteiger partial charge on any atom is 0.245 e. The third kappa shape index (κ3) is 3.36. The minimum Gasteiger partial charge on any atom is -0.489 e. The van der Waals surface area contributed by atoms with Crippen LogP contribution in [0.5, 0.6) is 5.75 Å². The van der Waals surface area contributed by atoms with E-state index >= 15 is 0 Å². The summed E-state index contributed by atoms with van der Waals surface area (Å²) in [4.78, 5) is 15.5. The number of halogens is 1. The lowest BCUT2D eigenvalue weighted by Crippen LogP contribution is -2.49. The van der Waals surface area contributed by atoms with Crippen molar-refractivity contribution in [3.63, 3.8) is 0 Å². The largest absolute Gasteiger partial charge is 0.489 e. The smallest absolute Gasteiger partial charge is 0.245 e. The van der Waals surface area contributed by atoms with Crippen LogP contribution < -0.4 is 15.4 Å². The van der Waals surface area contributed by atoms with Gasteiger partial charge in [0, 0.05) is 22.0 Å². The highest BCUT2D eigenvalue weighted by molar-refractivity contribution is 6.31. The molecule has 1 amide bonds. The van der Waals surface area contributed by atoms with Crippen molar-refractivity contribution in [2.45, 2.75) is 32.0 Å². The van der Waals surface area contributed by atoms with Crippen LogP contribution in [-0.4, -0.2) is 11.9 Å². The van der Waals surface area contributed by atoms with Crippen LogP contribution in [0.15, 0.2) is 84.4 Å². The summed E-state index contributed by atoms with van der Waals surface area (Å²) in [6.45, 7) is 2.51. The Morgan fingerprint density at radius 3 is 2.73 bits per heavy atom. The third-order valence-corrected chi connectivity index (χ3v) is 7.55. The van der Waals surface area contributed by atoms with Crippen molar-refractivity contribution >= 4 is 23.2 Å². The Balaban J connectivity index is 1.32. The van der Waals surface area contributed by atoms with Crippen molar-refractivity contribution in [1.29, 1.82) is 0 Å². The Bertz CT molecular complexity index is 1290. The first-order chi connectivity index (χ1) is 16.0. The lowest BCUT2D eigenvalue weighted by Gasteiger charge is -2.36. The molecule has 1 spiro atoms. The molecule has 3 aromatic rings. The van der Waals surface area contributed by atoms with Gasteiger partial charge in [0.05, 0.1) is 12.1 Å². The molecule has 1 aliphatic heterocycles. The zero-order valence-electron chi connectivity index (χ0n) is 18.4. The molecule has 0 bridgehead atoms. The van der Waals surface area contributed by atoms with Crippen molar-refractivity contribution in [3.05, 3.63) is 106 Å². The normalized spacial score (nSPS) is 25.6. The molecule has 1 saturated carbocycles. The summed E-state index contributed by atoms with van der Waals surface area (Å²) in [6.07, 6.45) is 3.15. The number of fused-ring (bicyclic) bond motifs is 2. The number of allylic oxidation sites excluding steroid dienone is 1. The molecule has 0 radical (unpaired) electrons. The summed E-state index contributed by atoms with van der Waals surface area (Å²) in [5, 5.41) is 0.617. The number of benzene rings is 3. The Hall–Kier alpha value is -3.08. The van der Waals surface area contributed by atoms with Crippen LogP contribution in [0, 0.1) is 11.3 Å². The Morgan fingerprint density at radius 2 is 1.94 bits per heavy atom. The number of anilines is 1. The zero-order valence-corrected chi connectivity index (χ0v) is 19.1. The fourth-order valence-corrected chi connectivity index (χ4v) is 5.54. The lowest BCUT2D eigenvalue weighted by atomic mass is 9.89. The summed E-state index contributed by atoms with van der Waals surface area (Å²) < 4.78 is 5.93. The third-order valence-electron chi connectivity index (χ3n) is 7.31. The minimum absolute atomic E-state index is 0.0433. The van der Waals surface area contributed by atoms with E-state index in [1.807, 2.05) is 59.5 Å². The van der Waals surface area contributed by atoms with Gasteiger partial charge in [0.15, 0.2) is 0 Å². The number of nitrogens with two attached hydrogens (primary N) is 1. The second-order valence-electron chi connectivity index (χ2n) is 9.32. The molecule has 0 aromatic heterocycles. The van der Waals surface area contributed by atoms with Crippen LogP contribution in [-0.2, 0) is 17.8 Å². The van der Waals surface area contributed by atoms with Crippen molar-refractivity contribution in [1.82, 2.24) is 0 Å². The number of para-hydroxylation sites is 1. The van der Waals surface area contributed by atoms with Crippen LogP contribution >= 0.6 is 11.6 Å². The fraction of sp³-hybridized carbons (Fsp3) is 0.250. The molecule has 2 N–H and O–H groups in total. The molecular weight excluding hydrogens is 432 g/mol. The van der Waals surface area contributed by atoms with Gasteiger partial charge in [0.1, 0.15) is 12.4 Å².